The minimum Gasteiger partial charge on any atom is -0.396 e. The van der Waals surface area contributed by atoms with Crippen molar-refractivity contribution >= 4 is 22.5 Å². The van der Waals surface area contributed by atoms with Crippen molar-refractivity contribution < 1.29 is 9.84 Å². The Hall–Kier alpha value is -1.18. The fourth-order valence-electron chi connectivity index (χ4n) is 4.37. The largest absolute Gasteiger partial charge is 0.396 e. The zero-order valence-electron chi connectivity index (χ0n) is 15.3. The molecule has 2 unspecified atom stereocenters. The molecule has 0 spiro atoms. The second-order valence-electron chi connectivity index (χ2n) is 7.51. The van der Waals surface area contributed by atoms with Gasteiger partial charge in [0.25, 0.3) is 0 Å². The number of aromatic nitrogens is 2. The Morgan fingerprint density at radius 2 is 1.96 bits per heavy atom. The van der Waals surface area contributed by atoms with Gasteiger partial charge >= 0.3 is 0 Å². The third-order valence-electron chi connectivity index (χ3n) is 5.76. The first-order valence-corrected chi connectivity index (χ1v) is 9.77. The number of aryl methyl sites for hydroxylation is 1. The highest BCUT2D eigenvalue weighted by atomic mass is 35.5. The summed E-state index contributed by atoms with van der Waals surface area (Å²) in [7, 11) is 1.96. The lowest BCUT2D eigenvalue weighted by Gasteiger charge is -2.30. The molecule has 3 heterocycles. The summed E-state index contributed by atoms with van der Waals surface area (Å²) in [5.41, 5.74) is 2.09. The van der Waals surface area contributed by atoms with Crippen LogP contribution in [-0.4, -0.2) is 77.2 Å². The maximum atomic E-state index is 9.86. The Morgan fingerprint density at radius 3 is 2.73 bits per heavy atom. The van der Waals surface area contributed by atoms with Crippen molar-refractivity contribution in [3.63, 3.8) is 0 Å². The van der Waals surface area contributed by atoms with Gasteiger partial charge in [0.1, 0.15) is 0 Å². The molecule has 1 aromatic carbocycles. The number of likely N-dealkylation sites (tertiary alicyclic amines) is 1. The second-order valence-corrected chi connectivity index (χ2v) is 7.92. The topological polar surface area (TPSA) is 53.8 Å². The van der Waals surface area contributed by atoms with E-state index in [4.69, 9.17) is 21.4 Å². The number of hydrogen-bond donors (Lipinski definition) is 1. The number of hydrogen-bond acceptors (Lipinski definition) is 5. The first kappa shape index (κ1) is 18.2. The lowest BCUT2D eigenvalue weighted by molar-refractivity contribution is 0.0264. The Balaban J connectivity index is 1.47. The molecule has 0 radical (unpaired) electrons. The molecule has 0 aliphatic carbocycles. The third-order valence-corrected chi connectivity index (χ3v) is 6.07. The van der Waals surface area contributed by atoms with Crippen molar-refractivity contribution in [1.82, 2.24) is 19.6 Å². The molecule has 26 heavy (non-hydrogen) atoms. The van der Waals surface area contributed by atoms with Gasteiger partial charge in [-0.15, -0.1) is 0 Å². The van der Waals surface area contributed by atoms with Crippen LogP contribution in [0.1, 0.15) is 5.69 Å². The van der Waals surface area contributed by atoms with Crippen molar-refractivity contribution in [3.05, 3.63) is 28.9 Å². The van der Waals surface area contributed by atoms with E-state index in [2.05, 4.69) is 15.9 Å². The van der Waals surface area contributed by atoms with E-state index >= 15 is 0 Å². The number of nitrogens with zero attached hydrogens (tertiary/aromatic N) is 4. The Morgan fingerprint density at radius 1 is 1.19 bits per heavy atom. The standard InChI is InChI=1S/C19H27ClN4O2/c1-22-18-4-2-3-16(20)19(18)17(21-22)12-24-10-14(15(11-24)13-25)9-23-5-7-26-8-6-23/h2-4,14-15,25H,5-13H2,1H3. The third kappa shape index (κ3) is 3.62. The minimum atomic E-state index is 0.245. The first-order chi connectivity index (χ1) is 12.7. The molecule has 6 nitrogen and oxygen atoms in total. The molecule has 1 aromatic heterocycles. The summed E-state index contributed by atoms with van der Waals surface area (Å²) in [5, 5.41) is 16.4. The predicted molar refractivity (Wildman–Crippen MR) is 102 cm³/mol. The van der Waals surface area contributed by atoms with Gasteiger partial charge in [0.15, 0.2) is 0 Å². The van der Waals surface area contributed by atoms with E-state index in [1.54, 1.807) is 0 Å². The molecular weight excluding hydrogens is 352 g/mol. The summed E-state index contributed by atoms with van der Waals surface area (Å²) in [6, 6.07) is 5.95. The lowest BCUT2D eigenvalue weighted by Crippen LogP contribution is -2.41. The van der Waals surface area contributed by atoms with E-state index in [0.29, 0.717) is 11.8 Å². The Bertz CT molecular complexity index is 759. The highest BCUT2D eigenvalue weighted by molar-refractivity contribution is 6.35. The lowest BCUT2D eigenvalue weighted by atomic mass is 9.96. The van der Waals surface area contributed by atoms with Crippen LogP contribution in [0.5, 0.6) is 0 Å². The second kappa shape index (κ2) is 7.82. The number of aliphatic hydroxyl groups excluding tert-OH is 1. The van der Waals surface area contributed by atoms with E-state index in [-0.39, 0.29) is 6.61 Å². The molecular formula is C19H27ClN4O2. The molecule has 7 heteroatoms. The monoisotopic (exact) mass is 378 g/mol. The fraction of sp³-hybridized carbons (Fsp3) is 0.632. The molecule has 0 bridgehead atoms. The van der Waals surface area contributed by atoms with E-state index in [9.17, 15) is 5.11 Å². The SMILES string of the molecule is Cn1nc(CN2CC(CO)C(CN3CCOCC3)C2)c2c(Cl)cccc21. The average molecular weight is 379 g/mol. The summed E-state index contributed by atoms with van der Waals surface area (Å²) in [4.78, 5) is 4.88. The number of benzene rings is 1. The van der Waals surface area contributed by atoms with Gasteiger partial charge in [-0.3, -0.25) is 14.5 Å². The van der Waals surface area contributed by atoms with Crippen LogP contribution >= 0.6 is 11.6 Å². The van der Waals surface area contributed by atoms with Gasteiger partial charge in [-0.1, -0.05) is 17.7 Å². The average Bonchev–Trinajstić information content (AvgIpc) is 3.17. The van der Waals surface area contributed by atoms with Crippen molar-refractivity contribution in [3.8, 4) is 0 Å². The molecule has 4 rings (SSSR count). The van der Waals surface area contributed by atoms with Crippen molar-refractivity contribution in [2.45, 2.75) is 6.54 Å². The van der Waals surface area contributed by atoms with Crippen LogP contribution in [0, 0.1) is 11.8 Å². The predicted octanol–water partition coefficient (Wildman–Crippen LogP) is 1.60. The van der Waals surface area contributed by atoms with Gasteiger partial charge < -0.3 is 9.84 Å². The summed E-state index contributed by atoms with van der Waals surface area (Å²) < 4.78 is 7.35. The maximum absolute atomic E-state index is 9.86. The summed E-state index contributed by atoms with van der Waals surface area (Å²) >= 11 is 6.44. The summed E-state index contributed by atoms with van der Waals surface area (Å²) in [6.07, 6.45) is 0. The van der Waals surface area contributed by atoms with E-state index in [0.717, 1.165) is 74.1 Å². The molecule has 0 saturated carbocycles. The Labute approximate surface area is 159 Å². The quantitative estimate of drug-likeness (QED) is 0.856. The van der Waals surface area contributed by atoms with Crippen LogP contribution < -0.4 is 0 Å². The van der Waals surface area contributed by atoms with Crippen molar-refractivity contribution in [2.24, 2.45) is 18.9 Å². The number of ether oxygens (including phenoxy) is 1. The van der Waals surface area contributed by atoms with Gasteiger partial charge in [0, 0.05) is 58.3 Å². The number of morpholine rings is 1. The zero-order chi connectivity index (χ0) is 18.1. The van der Waals surface area contributed by atoms with Gasteiger partial charge in [0.05, 0.1) is 29.4 Å². The van der Waals surface area contributed by atoms with Gasteiger partial charge in [0.2, 0.25) is 0 Å². The van der Waals surface area contributed by atoms with Crippen LogP contribution in [0.15, 0.2) is 18.2 Å². The first-order valence-electron chi connectivity index (χ1n) is 9.39. The molecule has 2 atom stereocenters. The van der Waals surface area contributed by atoms with Crippen molar-refractivity contribution in [1.29, 1.82) is 0 Å². The molecule has 2 aliphatic rings. The van der Waals surface area contributed by atoms with Gasteiger partial charge in [-0.05, 0) is 24.0 Å². The molecule has 2 saturated heterocycles. The minimum absolute atomic E-state index is 0.245. The van der Waals surface area contributed by atoms with E-state index in [1.165, 1.54) is 0 Å². The van der Waals surface area contributed by atoms with Crippen LogP contribution in [0.25, 0.3) is 10.9 Å². The molecule has 2 aromatic rings. The smallest absolute Gasteiger partial charge is 0.0858 e. The summed E-state index contributed by atoms with van der Waals surface area (Å²) in [5.74, 6) is 0.812. The molecule has 2 fully saturated rings. The number of aliphatic hydroxyl groups is 1. The highest BCUT2D eigenvalue weighted by Gasteiger charge is 2.34. The molecule has 1 N–H and O–H groups in total. The van der Waals surface area contributed by atoms with Crippen LogP contribution in [0.3, 0.4) is 0 Å². The molecule has 142 valence electrons. The fourth-order valence-corrected chi connectivity index (χ4v) is 4.65. The summed E-state index contributed by atoms with van der Waals surface area (Å²) in [6.45, 7) is 7.59. The Kier molecular flexibility index (Phi) is 5.47. The number of fused-ring (bicyclic) bond motifs is 1. The number of halogens is 1. The van der Waals surface area contributed by atoms with Crippen LogP contribution in [-0.2, 0) is 18.3 Å². The van der Waals surface area contributed by atoms with E-state index < -0.39 is 0 Å². The molecule has 0 amide bonds. The zero-order valence-corrected chi connectivity index (χ0v) is 16.0. The maximum Gasteiger partial charge on any atom is 0.0858 e. The van der Waals surface area contributed by atoms with Crippen LogP contribution in [0.4, 0.5) is 0 Å². The molecule has 2 aliphatic heterocycles. The van der Waals surface area contributed by atoms with Crippen LogP contribution in [0.2, 0.25) is 5.02 Å². The van der Waals surface area contributed by atoms with E-state index in [1.807, 2.05) is 23.9 Å². The van der Waals surface area contributed by atoms with Gasteiger partial charge in [-0.2, -0.15) is 5.10 Å². The van der Waals surface area contributed by atoms with Crippen molar-refractivity contribution in [2.75, 3.05) is 52.5 Å². The number of rotatable bonds is 5. The van der Waals surface area contributed by atoms with Gasteiger partial charge in [-0.25, -0.2) is 0 Å². The normalized spacial score (nSPS) is 25.3. The highest BCUT2D eigenvalue weighted by Crippen LogP contribution is 2.30.